The molecule has 3 aromatic heterocycles. The molecule has 3 aromatic rings. The third kappa shape index (κ3) is 2.89. The Morgan fingerprint density at radius 2 is 2.00 bits per heavy atom. The molecule has 1 saturated heterocycles. The molecule has 2 aliphatic rings. The third-order valence-corrected chi connectivity index (χ3v) is 5.85. The molecule has 29 heavy (non-hydrogen) atoms. The highest BCUT2D eigenvalue weighted by molar-refractivity contribution is 6.30. The first-order valence-corrected chi connectivity index (χ1v) is 9.41. The van der Waals surface area contributed by atoms with Crippen molar-refractivity contribution in [3.05, 3.63) is 52.3 Å². The first kappa shape index (κ1) is 18.2. The van der Waals surface area contributed by atoms with Crippen molar-refractivity contribution in [3.63, 3.8) is 0 Å². The Labute approximate surface area is 168 Å². The maximum Gasteiger partial charge on any atom is 0.258 e. The summed E-state index contributed by atoms with van der Waals surface area (Å²) in [6.45, 7) is 2.36. The van der Waals surface area contributed by atoms with Crippen molar-refractivity contribution < 1.29 is 8.78 Å². The predicted molar refractivity (Wildman–Crippen MR) is 101 cm³/mol. The molecule has 0 amide bonds. The lowest BCUT2D eigenvalue weighted by atomic mass is 9.96. The zero-order valence-electron chi connectivity index (χ0n) is 15.3. The number of alkyl halides is 2. The fourth-order valence-electron chi connectivity index (χ4n) is 3.68. The second kappa shape index (κ2) is 6.06. The number of hydrogen-bond donors (Lipinski definition) is 0. The molecule has 0 radical (unpaired) electrons. The van der Waals surface area contributed by atoms with Gasteiger partial charge >= 0.3 is 0 Å². The Balaban J connectivity index is 1.36. The minimum absolute atomic E-state index is 0.0557. The van der Waals surface area contributed by atoms with Gasteiger partial charge in [0.25, 0.3) is 11.5 Å². The van der Waals surface area contributed by atoms with E-state index in [1.807, 2.05) is 0 Å². The summed E-state index contributed by atoms with van der Waals surface area (Å²) in [5.41, 5.74) is -0.185. The van der Waals surface area contributed by atoms with Crippen LogP contribution in [0.4, 0.5) is 14.6 Å². The van der Waals surface area contributed by atoms with Crippen molar-refractivity contribution in [2.45, 2.75) is 25.4 Å². The van der Waals surface area contributed by atoms with Crippen molar-refractivity contribution in [2.75, 3.05) is 18.0 Å². The van der Waals surface area contributed by atoms with E-state index < -0.39 is 17.5 Å². The Hall–Kier alpha value is -2.88. The number of rotatable bonds is 4. The van der Waals surface area contributed by atoms with E-state index in [0.29, 0.717) is 22.2 Å². The maximum atomic E-state index is 13.4. The predicted octanol–water partition coefficient (Wildman–Crippen LogP) is 2.46. The Morgan fingerprint density at radius 1 is 1.24 bits per heavy atom. The van der Waals surface area contributed by atoms with Crippen molar-refractivity contribution in [1.29, 1.82) is 0 Å². The van der Waals surface area contributed by atoms with Crippen LogP contribution in [0.5, 0.6) is 0 Å². The largest absolute Gasteiger partial charge is 0.354 e. The van der Waals surface area contributed by atoms with Gasteiger partial charge in [0.2, 0.25) is 0 Å². The number of pyridine rings is 1. The maximum absolute atomic E-state index is 13.4. The van der Waals surface area contributed by atoms with Crippen LogP contribution >= 0.6 is 11.6 Å². The smallest absolute Gasteiger partial charge is 0.258 e. The van der Waals surface area contributed by atoms with E-state index in [4.69, 9.17) is 11.6 Å². The Morgan fingerprint density at radius 3 is 2.69 bits per heavy atom. The summed E-state index contributed by atoms with van der Waals surface area (Å²) in [4.78, 5) is 22.6. The first-order chi connectivity index (χ1) is 13.8. The van der Waals surface area contributed by atoms with Crippen LogP contribution in [0.25, 0.3) is 11.4 Å². The summed E-state index contributed by atoms with van der Waals surface area (Å²) in [7, 11) is 0. The normalized spacial score (nSPS) is 19.8. The van der Waals surface area contributed by atoms with Crippen LogP contribution in [0.1, 0.15) is 19.5 Å². The summed E-state index contributed by atoms with van der Waals surface area (Å²) in [5.74, 6) is -2.03. The monoisotopic (exact) mass is 419 g/mol. The fraction of sp³-hybridized carbons (Fsp3) is 0.389. The van der Waals surface area contributed by atoms with Crippen molar-refractivity contribution >= 4 is 17.4 Å². The SMILES string of the molecule is CC(n1cc(-c2cncc(N3CC4(C3)CC4(F)F)n2)nn1)n1ccc(Cl)cc1=O. The van der Waals surface area contributed by atoms with Gasteiger partial charge in [0.1, 0.15) is 23.4 Å². The summed E-state index contributed by atoms with van der Waals surface area (Å²) in [5, 5.41) is 8.57. The van der Waals surface area contributed by atoms with Crippen molar-refractivity contribution in [3.8, 4) is 11.4 Å². The second-order valence-electron chi connectivity index (χ2n) is 7.59. The number of nitrogens with zero attached hydrogens (tertiary/aromatic N) is 7. The molecule has 0 aromatic carbocycles. The fourth-order valence-corrected chi connectivity index (χ4v) is 3.83. The third-order valence-electron chi connectivity index (χ3n) is 5.61. The van der Waals surface area contributed by atoms with Crippen LogP contribution in [0.3, 0.4) is 0 Å². The minimum atomic E-state index is -2.56. The van der Waals surface area contributed by atoms with Gasteiger partial charge in [0, 0.05) is 36.8 Å². The van der Waals surface area contributed by atoms with Gasteiger partial charge in [-0.15, -0.1) is 5.10 Å². The summed E-state index contributed by atoms with van der Waals surface area (Å²) < 4.78 is 29.8. The highest BCUT2D eigenvalue weighted by Gasteiger charge is 2.76. The van der Waals surface area contributed by atoms with E-state index in [2.05, 4.69) is 20.3 Å². The zero-order chi connectivity index (χ0) is 20.4. The molecule has 0 bridgehead atoms. The van der Waals surface area contributed by atoms with E-state index in [1.165, 1.54) is 21.5 Å². The van der Waals surface area contributed by atoms with Crippen LogP contribution in [0, 0.1) is 5.41 Å². The average molecular weight is 420 g/mol. The number of halogens is 3. The Kier molecular flexibility index (Phi) is 3.79. The molecule has 2 fully saturated rings. The van der Waals surface area contributed by atoms with E-state index in [-0.39, 0.29) is 25.1 Å². The van der Waals surface area contributed by atoms with Crippen LogP contribution < -0.4 is 10.5 Å². The molecule has 1 aliphatic heterocycles. The van der Waals surface area contributed by atoms with Gasteiger partial charge in [-0.25, -0.2) is 18.4 Å². The van der Waals surface area contributed by atoms with E-state index in [1.54, 1.807) is 36.5 Å². The topological polar surface area (TPSA) is 81.7 Å². The molecule has 11 heteroatoms. The number of anilines is 1. The van der Waals surface area contributed by atoms with Crippen LogP contribution in [0.15, 0.2) is 41.7 Å². The molecule has 1 aliphatic carbocycles. The van der Waals surface area contributed by atoms with E-state index in [0.717, 1.165) is 0 Å². The zero-order valence-corrected chi connectivity index (χ0v) is 16.1. The number of hydrogen-bond acceptors (Lipinski definition) is 6. The van der Waals surface area contributed by atoms with Crippen LogP contribution in [-0.2, 0) is 0 Å². The summed E-state index contributed by atoms with van der Waals surface area (Å²) in [6, 6.07) is 2.95. The number of aromatic nitrogens is 6. The molecular weight excluding hydrogens is 404 g/mol. The van der Waals surface area contributed by atoms with Gasteiger partial charge in [-0.2, -0.15) is 0 Å². The van der Waals surface area contributed by atoms with Gasteiger partial charge < -0.3 is 4.90 Å². The minimum Gasteiger partial charge on any atom is -0.354 e. The molecule has 4 heterocycles. The average Bonchev–Trinajstić information content (AvgIpc) is 3.01. The van der Waals surface area contributed by atoms with Gasteiger partial charge in [-0.1, -0.05) is 16.8 Å². The molecule has 150 valence electrons. The van der Waals surface area contributed by atoms with Gasteiger partial charge in [-0.3, -0.25) is 14.3 Å². The highest BCUT2D eigenvalue weighted by Crippen LogP contribution is 2.65. The molecule has 1 spiro atoms. The molecule has 8 nitrogen and oxygen atoms in total. The summed E-state index contributed by atoms with van der Waals surface area (Å²) >= 11 is 5.84. The Bertz CT molecular complexity index is 1150. The molecular formula is C18H16ClF2N7O. The van der Waals surface area contributed by atoms with Crippen LogP contribution in [-0.4, -0.2) is 48.5 Å². The van der Waals surface area contributed by atoms with Crippen molar-refractivity contribution in [1.82, 2.24) is 29.5 Å². The second-order valence-corrected chi connectivity index (χ2v) is 8.02. The quantitative estimate of drug-likeness (QED) is 0.646. The lowest BCUT2D eigenvalue weighted by Crippen LogP contribution is -2.51. The molecule has 1 saturated carbocycles. The van der Waals surface area contributed by atoms with E-state index >= 15 is 0 Å². The van der Waals surface area contributed by atoms with E-state index in [9.17, 15) is 13.6 Å². The summed E-state index contributed by atoms with van der Waals surface area (Å²) in [6.07, 6.45) is 5.86. The first-order valence-electron chi connectivity index (χ1n) is 9.03. The lowest BCUT2D eigenvalue weighted by molar-refractivity contribution is 0.0518. The van der Waals surface area contributed by atoms with Gasteiger partial charge in [0.15, 0.2) is 0 Å². The van der Waals surface area contributed by atoms with Crippen molar-refractivity contribution in [2.24, 2.45) is 5.41 Å². The molecule has 0 N–H and O–H groups in total. The van der Waals surface area contributed by atoms with Crippen LogP contribution in [0.2, 0.25) is 5.02 Å². The standard InChI is InChI=1S/C18H16ClF2N7O/c1-11(27-3-2-12(19)4-16(27)29)28-7-14(24-25-28)13-5-22-6-15(23-13)26-9-17(10-26)8-18(17,20)21/h2-7,11H,8-10H2,1H3. The lowest BCUT2D eigenvalue weighted by Gasteiger charge is -2.40. The highest BCUT2D eigenvalue weighted by atomic mass is 35.5. The molecule has 5 rings (SSSR count). The van der Waals surface area contributed by atoms with Gasteiger partial charge in [-0.05, 0) is 13.0 Å². The van der Waals surface area contributed by atoms with Gasteiger partial charge in [0.05, 0.1) is 24.0 Å². The molecule has 1 atom stereocenters. The molecule has 1 unspecified atom stereocenters.